The molecule has 1 unspecified atom stereocenters. The van der Waals surface area contributed by atoms with Gasteiger partial charge >= 0.3 is 0 Å². The van der Waals surface area contributed by atoms with Crippen molar-refractivity contribution in [2.45, 2.75) is 6.92 Å². The van der Waals surface area contributed by atoms with Crippen LogP contribution in [0.5, 0.6) is 5.88 Å². The summed E-state index contributed by atoms with van der Waals surface area (Å²) in [6.45, 7) is 3.49. The van der Waals surface area contributed by atoms with E-state index < -0.39 is 0 Å². The van der Waals surface area contributed by atoms with Crippen molar-refractivity contribution in [3.63, 3.8) is 0 Å². The van der Waals surface area contributed by atoms with Crippen molar-refractivity contribution in [1.82, 2.24) is 19.3 Å². The highest BCUT2D eigenvalue weighted by Crippen LogP contribution is 2.25. The van der Waals surface area contributed by atoms with E-state index in [1.165, 1.54) is 4.40 Å². The van der Waals surface area contributed by atoms with E-state index in [0.717, 1.165) is 12.1 Å². The third kappa shape index (κ3) is 4.47. The van der Waals surface area contributed by atoms with Gasteiger partial charge in [0.1, 0.15) is 5.56 Å². The minimum absolute atomic E-state index is 0. The minimum Gasteiger partial charge on any atom is -0.477 e. The summed E-state index contributed by atoms with van der Waals surface area (Å²) < 4.78 is 7.46. The second kappa shape index (κ2) is 8.91. The van der Waals surface area contributed by atoms with Gasteiger partial charge in [0.05, 0.1) is 12.8 Å². The van der Waals surface area contributed by atoms with Gasteiger partial charge in [-0.2, -0.15) is 4.98 Å². The fraction of sp³-hybridized carbons (Fsp3) is 0.316. The van der Waals surface area contributed by atoms with Crippen molar-refractivity contribution in [3.05, 3.63) is 59.3 Å². The standard InChI is InChI=1S/C19H22N4O2.BrH/c1-14(12-22(2)3)13-25-18-17(15-7-5-4-6-8-15)19(24)23-10-9-20-11-16(23)21-18;/h4-11,14H,12-13H2,1-3H3;1H. The molecule has 3 aromatic rings. The Bertz CT molecular complexity index is 912. The van der Waals surface area contributed by atoms with Crippen molar-refractivity contribution >= 4 is 22.6 Å². The molecule has 0 saturated carbocycles. The summed E-state index contributed by atoms with van der Waals surface area (Å²) in [5, 5.41) is 0. The average molecular weight is 419 g/mol. The number of rotatable bonds is 6. The second-order valence-corrected chi connectivity index (χ2v) is 6.45. The third-order valence-electron chi connectivity index (χ3n) is 3.85. The van der Waals surface area contributed by atoms with Gasteiger partial charge in [-0.25, -0.2) is 0 Å². The first-order valence-electron chi connectivity index (χ1n) is 8.25. The number of nitrogens with zero attached hydrogens (tertiary/aromatic N) is 4. The van der Waals surface area contributed by atoms with Crippen LogP contribution >= 0.6 is 17.0 Å². The summed E-state index contributed by atoms with van der Waals surface area (Å²) in [4.78, 5) is 23.7. The Hall–Kier alpha value is -2.25. The monoisotopic (exact) mass is 418 g/mol. The lowest BCUT2D eigenvalue weighted by atomic mass is 10.1. The molecule has 0 aliphatic carbocycles. The van der Waals surface area contributed by atoms with Crippen LogP contribution in [0.15, 0.2) is 53.7 Å². The van der Waals surface area contributed by atoms with Crippen LogP contribution in [0.4, 0.5) is 0 Å². The Morgan fingerprint density at radius 3 is 2.65 bits per heavy atom. The highest BCUT2D eigenvalue weighted by atomic mass is 79.9. The quantitative estimate of drug-likeness (QED) is 0.615. The number of hydrogen-bond donors (Lipinski definition) is 0. The molecule has 0 N–H and O–H groups in total. The molecule has 0 fully saturated rings. The molecule has 0 spiro atoms. The predicted octanol–water partition coefficient (Wildman–Crippen LogP) is 2.91. The minimum atomic E-state index is -0.158. The molecule has 0 aliphatic heterocycles. The molecular formula is C19H23BrN4O2. The average Bonchev–Trinajstić information content (AvgIpc) is 2.60. The maximum absolute atomic E-state index is 13.0. The lowest BCUT2D eigenvalue weighted by Gasteiger charge is -2.18. The van der Waals surface area contributed by atoms with E-state index in [2.05, 4.69) is 21.8 Å². The van der Waals surface area contributed by atoms with E-state index in [1.54, 1.807) is 18.6 Å². The van der Waals surface area contributed by atoms with E-state index in [1.807, 2.05) is 44.4 Å². The van der Waals surface area contributed by atoms with Gasteiger partial charge < -0.3 is 9.64 Å². The van der Waals surface area contributed by atoms with Crippen LogP contribution in [0.25, 0.3) is 16.8 Å². The Morgan fingerprint density at radius 1 is 1.23 bits per heavy atom. The van der Waals surface area contributed by atoms with Gasteiger partial charge in [0, 0.05) is 24.9 Å². The molecule has 6 nitrogen and oxygen atoms in total. The number of ether oxygens (including phenoxy) is 1. The van der Waals surface area contributed by atoms with Crippen molar-refractivity contribution in [3.8, 4) is 17.0 Å². The molecule has 1 aromatic carbocycles. The van der Waals surface area contributed by atoms with Crippen LogP contribution in [0.2, 0.25) is 0 Å². The number of halogens is 1. The van der Waals surface area contributed by atoms with E-state index in [4.69, 9.17) is 4.74 Å². The number of aromatic nitrogens is 3. The van der Waals surface area contributed by atoms with Crippen molar-refractivity contribution in [1.29, 1.82) is 0 Å². The van der Waals surface area contributed by atoms with Crippen LogP contribution < -0.4 is 10.3 Å². The topological polar surface area (TPSA) is 59.7 Å². The largest absolute Gasteiger partial charge is 0.477 e. The maximum Gasteiger partial charge on any atom is 0.269 e. The number of hydrogen-bond acceptors (Lipinski definition) is 5. The van der Waals surface area contributed by atoms with Gasteiger partial charge in [-0.15, -0.1) is 17.0 Å². The first-order valence-corrected chi connectivity index (χ1v) is 8.25. The van der Waals surface area contributed by atoms with Crippen molar-refractivity contribution in [2.75, 3.05) is 27.2 Å². The van der Waals surface area contributed by atoms with E-state index in [0.29, 0.717) is 29.6 Å². The fourth-order valence-electron chi connectivity index (χ4n) is 2.83. The molecule has 0 bridgehead atoms. The van der Waals surface area contributed by atoms with Gasteiger partial charge in [0.15, 0.2) is 5.65 Å². The molecule has 2 aromatic heterocycles. The van der Waals surface area contributed by atoms with Gasteiger partial charge in [-0.05, 0) is 19.7 Å². The summed E-state index contributed by atoms with van der Waals surface area (Å²) in [5.74, 6) is 0.669. The van der Waals surface area contributed by atoms with Crippen LogP contribution in [0.3, 0.4) is 0 Å². The van der Waals surface area contributed by atoms with Crippen LogP contribution in [-0.2, 0) is 0 Å². The van der Waals surface area contributed by atoms with E-state index in [-0.39, 0.29) is 22.5 Å². The summed E-state index contributed by atoms with van der Waals surface area (Å²) in [7, 11) is 4.05. The Morgan fingerprint density at radius 2 is 1.96 bits per heavy atom. The van der Waals surface area contributed by atoms with Crippen molar-refractivity contribution < 1.29 is 4.74 Å². The van der Waals surface area contributed by atoms with Crippen LogP contribution in [0.1, 0.15) is 6.92 Å². The van der Waals surface area contributed by atoms with Gasteiger partial charge in [-0.1, -0.05) is 37.3 Å². The van der Waals surface area contributed by atoms with Gasteiger partial charge in [0.25, 0.3) is 5.56 Å². The zero-order valence-corrected chi connectivity index (χ0v) is 16.8. The second-order valence-electron chi connectivity index (χ2n) is 6.45. The van der Waals surface area contributed by atoms with E-state index in [9.17, 15) is 4.79 Å². The molecule has 0 amide bonds. The summed E-state index contributed by atoms with van der Waals surface area (Å²) in [5.41, 5.74) is 1.58. The maximum atomic E-state index is 13.0. The summed E-state index contributed by atoms with van der Waals surface area (Å²) in [6, 6.07) is 9.49. The van der Waals surface area contributed by atoms with Crippen LogP contribution in [-0.4, -0.2) is 46.5 Å². The zero-order valence-electron chi connectivity index (χ0n) is 15.1. The molecule has 1 atom stereocenters. The van der Waals surface area contributed by atoms with Crippen LogP contribution in [0, 0.1) is 5.92 Å². The molecule has 138 valence electrons. The first-order chi connectivity index (χ1) is 12.1. The molecule has 0 saturated heterocycles. The smallest absolute Gasteiger partial charge is 0.269 e. The fourth-order valence-corrected chi connectivity index (χ4v) is 2.83. The third-order valence-corrected chi connectivity index (χ3v) is 3.85. The van der Waals surface area contributed by atoms with E-state index >= 15 is 0 Å². The zero-order chi connectivity index (χ0) is 17.8. The molecule has 3 rings (SSSR count). The van der Waals surface area contributed by atoms with Gasteiger partial charge in [0.2, 0.25) is 5.88 Å². The number of fused-ring (bicyclic) bond motifs is 1. The lowest BCUT2D eigenvalue weighted by molar-refractivity contribution is 0.217. The Balaban J connectivity index is 0.00000243. The summed E-state index contributed by atoms with van der Waals surface area (Å²) in [6.07, 6.45) is 4.76. The Kier molecular flexibility index (Phi) is 6.88. The van der Waals surface area contributed by atoms with Gasteiger partial charge in [-0.3, -0.25) is 14.2 Å². The highest BCUT2D eigenvalue weighted by molar-refractivity contribution is 8.93. The molecule has 0 radical (unpaired) electrons. The molecule has 7 heteroatoms. The summed E-state index contributed by atoms with van der Waals surface area (Å²) >= 11 is 0. The molecular weight excluding hydrogens is 396 g/mol. The molecule has 0 aliphatic rings. The SMILES string of the molecule is Br.CC(COc1nc2cnccn2c(=O)c1-c1ccccc1)CN(C)C. The first kappa shape index (κ1) is 20.1. The predicted molar refractivity (Wildman–Crippen MR) is 108 cm³/mol. The normalized spacial score (nSPS) is 12.0. The number of benzene rings is 1. The molecule has 26 heavy (non-hydrogen) atoms. The molecule has 2 heterocycles. The lowest BCUT2D eigenvalue weighted by Crippen LogP contribution is -2.25. The Labute approximate surface area is 163 Å². The van der Waals surface area contributed by atoms with Crippen molar-refractivity contribution in [2.24, 2.45) is 5.92 Å². The highest BCUT2D eigenvalue weighted by Gasteiger charge is 2.17.